The van der Waals surface area contributed by atoms with Gasteiger partial charge in [-0.1, -0.05) is 13.8 Å². The first kappa shape index (κ1) is 17.3. The molecule has 0 aliphatic heterocycles. The van der Waals surface area contributed by atoms with E-state index in [1.165, 1.54) is 0 Å². The second kappa shape index (κ2) is 7.02. The maximum absolute atomic E-state index is 12.3. The first-order valence-electron chi connectivity index (χ1n) is 8.16. The monoisotopic (exact) mass is 317 g/mol. The summed E-state index contributed by atoms with van der Waals surface area (Å²) in [6.45, 7) is 13.0. The van der Waals surface area contributed by atoms with Crippen molar-refractivity contribution < 1.29 is 9.21 Å². The summed E-state index contributed by atoms with van der Waals surface area (Å²) in [5, 5.41) is 7.55. The second-order valence-electron chi connectivity index (χ2n) is 6.64. The summed E-state index contributed by atoms with van der Waals surface area (Å²) in [6, 6.07) is 3.67. The molecule has 126 valence electrons. The molecule has 0 aliphatic carbocycles. The van der Waals surface area contributed by atoms with Crippen molar-refractivity contribution in [3.05, 3.63) is 40.6 Å². The standard InChI is InChI=1S/C18H27N3O2/c1-11(2)10-21-15(6)16(13(4)20-21)9-18(22)19-14(5)17-8-7-12(3)23-17/h7-8,11,14H,9-10H2,1-6H3,(H,19,22). The van der Waals surface area contributed by atoms with Gasteiger partial charge in [-0.2, -0.15) is 5.10 Å². The van der Waals surface area contributed by atoms with Crippen LogP contribution in [0, 0.1) is 26.7 Å². The van der Waals surface area contributed by atoms with E-state index < -0.39 is 0 Å². The third-order valence-electron chi connectivity index (χ3n) is 3.97. The molecule has 1 amide bonds. The van der Waals surface area contributed by atoms with Crippen molar-refractivity contribution in [1.29, 1.82) is 0 Å². The molecule has 1 atom stereocenters. The Kier molecular flexibility index (Phi) is 5.29. The fourth-order valence-corrected chi connectivity index (χ4v) is 2.72. The highest BCUT2D eigenvalue weighted by Gasteiger charge is 2.18. The van der Waals surface area contributed by atoms with E-state index in [-0.39, 0.29) is 11.9 Å². The molecular formula is C18H27N3O2. The molecule has 1 unspecified atom stereocenters. The van der Waals surface area contributed by atoms with Crippen LogP contribution in [0.3, 0.4) is 0 Å². The Hall–Kier alpha value is -2.04. The summed E-state index contributed by atoms with van der Waals surface area (Å²) >= 11 is 0. The number of hydrogen-bond acceptors (Lipinski definition) is 3. The van der Waals surface area contributed by atoms with Gasteiger partial charge in [0.25, 0.3) is 0 Å². The number of aryl methyl sites for hydroxylation is 2. The number of hydrogen-bond donors (Lipinski definition) is 1. The van der Waals surface area contributed by atoms with Gasteiger partial charge in [0.15, 0.2) is 0 Å². The van der Waals surface area contributed by atoms with Crippen LogP contribution in [0.25, 0.3) is 0 Å². The smallest absolute Gasteiger partial charge is 0.225 e. The van der Waals surface area contributed by atoms with E-state index in [0.29, 0.717) is 12.3 Å². The lowest BCUT2D eigenvalue weighted by Gasteiger charge is -2.12. The van der Waals surface area contributed by atoms with Crippen LogP contribution in [0.1, 0.15) is 55.3 Å². The minimum Gasteiger partial charge on any atom is -0.464 e. The SMILES string of the molecule is Cc1ccc(C(C)NC(=O)Cc2c(C)nn(CC(C)C)c2C)o1. The van der Waals surface area contributed by atoms with E-state index in [2.05, 4.69) is 24.3 Å². The van der Waals surface area contributed by atoms with Gasteiger partial charge in [0.05, 0.1) is 18.2 Å². The van der Waals surface area contributed by atoms with Gasteiger partial charge in [0.2, 0.25) is 5.91 Å². The highest BCUT2D eigenvalue weighted by molar-refractivity contribution is 5.79. The second-order valence-corrected chi connectivity index (χ2v) is 6.64. The zero-order valence-electron chi connectivity index (χ0n) is 14.9. The van der Waals surface area contributed by atoms with Gasteiger partial charge in [0, 0.05) is 17.8 Å². The average molecular weight is 317 g/mol. The van der Waals surface area contributed by atoms with Crippen LogP contribution in [-0.2, 0) is 17.8 Å². The summed E-state index contributed by atoms with van der Waals surface area (Å²) in [6.07, 6.45) is 0.347. The molecule has 23 heavy (non-hydrogen) atoms. The fraction of sp³-hybridized carbons (Fsp3) is 0.556. The van der Waals surface area contributed by atoms with Crippen LogP contribution in [-0.4, -0.2) is 15.7 Å². The van der Waals surface area contributed by atoms with Crippen LogP contribution in [0.5, 0.6) is 0 Å². The summed E-state index contributed by atoms with van der Waals surface area (Å²) in [4.78, 5) is 12.3. The number of carbonyl (C=O) groups is 1. The molecule has 0 bridgehead atoms. The number of nitrogens with one attached hydrogen (secondary N) is 1. The normalized spacial score (nSPS) is 12.7. The molecule has 1 N–H and O–H groups in total. The van der Waals surface area contributed by atoms with Crippen LogP contribution < -0.4 is 5.32 Å². The quantitative estimate of drug-likeness (QED) is 0.887. The number of carbonyl (C=O) groups excluding carboxylic acids is 1. The molecular weight excluding hydrogens is 290 g/mol. The van der Waals surface area contributed by atoms with Gasteiger partial charge in [-0.15, -0.1) is 0 Å². The number of nitrogens with zero attached hydrogens (tertiary/aromatic N) is 2. The van der Waals surface area contributed by atoms with Crippen LogP contribution in [0.2, 0.25) is 0 Å². The topological polar surface area (TPSA) is 60.1 Å². The van der Waals surface area contributed by atoms with Crippen LogP contribution in [0.4, 0.5) is 0 Å². The Labute approximate surface area is 138 Å². The van der Waals surface area contributed by atoms with Crippen molar-refractivity contribution in [1.82, 2.24) is 15.1 Å². The molecule has 2 aromatic rings. The molecule has 5 heteroatoms. The van der Waals surface area contributed by atoms with Crippen molar-refractivity contribution in [3.8, 4) is 0 Å². The Bertz CT molecular complexity index is 682. The molecule has 0 spiro atoms. The van der Waals surface area contributed by atoms with Gasteiger partial charge in [-0.25, -0.2) is 0 Å². The average Bonchev–Trinajstić information content (AvgIpc) is 2.98. The van der Waals surface area contributed by atoms with Crippen LogP contribution in [0.15, 0.2) is 16.5 Å². The molecule has 0 saturated heterocycles. The van der Waals surface area contributed by atoms with Crippen molar-refractivity contribution in [2.45, 2.75) is 60.5 Å². The van der Waals surface area contributed by atoms with Crippen molar-refractivity contribution in [2.75, 3.05) is 0 Å². The molecule has 2 aromatic heterocycles. The summed E-state index contributed by atoms with van der Waals surface area (Å²) in [7, 11) is 0. The predicted molar refractivity (Wildman–Crippen MR) is 90.2 cm³/mol. The number of amides is 1. The summed E-state index contributed by atoms with van der Waals surface area (Å²) in [5.41, 5.74) is 3.03. The van der Waals surface area contributed by atoms with E-state index in [4.69, 9.17) is 4.42 Å². The molecule has 0 aliphatic rings. The third-order valence-corrected chi connectivity index (χ3v) is 3.97. The zero-order valence-corrected chi connectivity index (χ0v) is 14.9. The Morgan fingerprint density at radius 1 is 1.26 bits per heavy atom. The highest BCUT2D eigenvalue weighted by atomic mass is 16.3. The molecule has 5 nitrogen and oxygen atoms in total. The van der Waals surface area contributed by atoms with E-state index in [0.717, 1.165) is 35.0 Å². The minimum absolute atomic E-state index is 0.0122. The van der Waals surface area contributed by atoms with E-state index in [9.17, 15) is 4.79 Å². The molecule has 2 rings (SSSR count). The predicted octanol–water partition coefficient (Wildman–Crippen LogP) is 3.48. The first-order valence-corrected chi connectivity index (χ1v) is 8.16. The van der Waals surface area contributed by atoms with Crippen molar-refractivity contribution >= 4 is 5.91 Å². The van der Waals surface area contributed by atoms with E-state index >= 15 is 0 Å². The summed E-state index contributed by atoms with van der Waals surface area (Å²) < 4.78 is 7.56. The molecule has 0 fully saturated rings. The number of rotatable bonds is 6. The van der Waals surface area contributed by atoms with Crippen molar-refractivity contribution in [3.63, 3.8) is 0 Å². The Morgan fingerprint density at radius 3 is 2.52 bits per heavy atom. The van der Waals surface area contributed by atoms with Gasteiger partial charge < -0.3 is 9.73 Å². The molecule has 0 saturated carbocycles. The Balaban J connectivity index is 2.04. The first-order chi connectivity index (χ1) is 10.8. The lowest BCUT2D eigenvalue weighted by Crippen LogP contribution is -2.28. The molecule has 2 heterocycles. The van der Waals surface area contributed by atoms with Crippen molar-refractivity contribution in [2.24, 2.45) is 5.92 Å². The minimum atomic E-state index is -0.137. The number of aromatic nitrogens is 2. The third kappa shape index (κ3) is 4.24. The maximum atomic E-state index is 12.3. The number of furan rings is 1. The fourth-order valence-electron chi connectivity index (χ4n) is 2.72. The maximum Gasteiger partial charge on any atom is 0.225 e. The Morgan fingerprint density at radius 2 is 1.96 bits per heavy atom. The van der Waals surface area contributed by atoms with Gasteiger partial charge in [-0.3, -0.25) is 9.48 Å². The lowest BCUT2D eigenvalue weighted by atomic mass is 10.1. The van der Waals surface area contributed by atoms with E-state index in [1.54, 1.807) is 0 Å². The molecule has 0 radical (unpaired) electrons. The molecule has 0 aromatic carbocycles. The van der Waals surface area contributed by atoms with Gasteiger partial charge in [0.1, 0.15) is 11.5 Å². The van der Waals surface area contributed by atoms with Gasteiger partial charge in [-0.05, 0) is 45.7 Å². The lowest BCUT2D eigenvalue weighted by molar-refractivity contribution is -0.121. The van der Waals surface area contributed by atoms with Gasteiger partial charge >= 0.3 is 0 Å². The summed E-state index contributed by atoms with van der Waals surface area (Å²) in [5.74, 6) is 2.14. The van der Waals surface area contributed by atoms with E-state index in [1.807, 2.05) is 44.5 Å². The van der Waals surface area contributed by atoms with Crippen LogP contribution >= 0.6 is 0 Å². The zero-order chi connectivity index (χ0) is 17.1. The highest BCUT2D eigenvalue weighted by Crippen LogP contribution is 2.18. The largest absolute Gasteiger partial charge is 0.464 e.